The van der Waals surface area contributed by atoms with E-state index >= 15 is 0 Å². The molecule has 0 aliphatic rings. The maximum Gasteiger partial charge on any atom is 0.434 e. The molecular weight excluding hydrogens is 407 g/mol. The lowest BCUT2D eigenvalue weighted by Crippen LogP contribution is -2.42. The van der Waals surface area contributed by atoms with E-state index in [1.165, 1.54) is 0 Å². The standard InChI is InChI=1S/C18H22F3N5O2S/c1-22-17(24-8-7-15-26-14(11-29-15)18(19,20)21)25-10-9-23-16(27)12-3-5-13(28-2)6-4-12/h3-6,11H,7-10H2,1-2H3,(H,23,27)(H2,22,24,25). The van der Waals surface area contributed by atoms with Gasteiger partial charge in [0.15, 0.2) is 11.7 Å². The molecule has 1 aromatic carbocycles. The summed E-state index contributed by atoms with van der Waals surface area (Å²) in [7, 11) is 3.13. The van der Waals surface area contributed by atoms with Crippen LogP contribution in [0.4, 0.5) is 13.2 Å². The molecule has 1 amide bonds. The molecule has 0 radical (unpaired) electrons. The molecule has 0 aliphatic heterocycles. The summed E-state index contributed by atoms with van der Waals surface area (Å²) in [6.07, 6.45) is -4.08. The van der Waals surface area contributed by atoms with Crippen molar-refractivity contribution in [2.24, 2.45) is 4.99 Å². The lowest BCUT2D eigenvalue weighted by molar-refractivity contribution is -0.140. The van der Waals surface area contributed by atoms with E-state index in [1.54, 1.807) is 38.4 Å². The van der Waals surface area contributed by atoms with E-state index in [2.05, 4.69) is 25.9 Å². The maximum atomic E-state index is 12.5. The Balaban J connectivity index is 1.67. The zero-order valence-corrected chi connectivity index (χ0v) is 16.8. The number of carbonyl (C=O) groups excluding carboxylic acids is 1. The predicted octanol–water partition coefficient (Wildman–Crippen LogP) is 2.31. The zero-order valence-electron chi connectivity index (χ0n) is 16.0. The molecule has 0 bridgehead atoms. The number of nitrogens with zero attached hydrogens (tertiary/aromatic N) is 2. The molecule has 29 heavy (non-hydrogen) atoms. The summed E-state index contributed by atoms with van der Waals surface area (Å²) in [4.78, 5) is 19.7. The summed E-state index contributed by atoms with van der Waals surface area (Å²) in [6.45, 7) is 1.17. The molecule has 158 valence electrons. The van der Waals surface area contributed by atoms with Gasteiger partial charge in [-0.2, -0.15) is 13.2 Å². The number of benzene rings is 1. The van der Waals surface area contributed by atoms with E-state index in [4.69, 9.17) is 4.74 Å². The number of halogens is 3. The first-order valence-corrected chi connectivity index (χ1v) is 9.60. The van der Waals surface area contributed by atoms with Crippen molar-refractivity contribution in [2.75, 3.05) is 33.8 Å². The van der Waals surface area contributed by atoms with Gasteiger partial charge in [-0.3, -0.25) is 9.79 Å². The van der Waals surface area contributed by atoms with Gasteiger partial charge in [-0.25, -0.2) is 4.98 Å². The molecule has 7 nitrogen and oxygen atoms in total. The van der Waals surface area contributed by atoms with Crippen molar-refractivity contribution in [1.29, 1.82) is 0 Å². The summed E-state index contributed by atoms with van der Waals surface area (Å²) >= 11 is 0.974. The number of ether oxygens (including phenoxy) is 1. The van der Waals surface area contributed by atoms with Crippen molar-refractivity contribution < 1.29 is 22.7 Å². The fraction of sp³-hybridized carbons (Fsp3) is 0.389. The molecule has 0 fully saturated rings. The SMILES string of the molecule is CN=C(NCCNC(=O)c1ccc(OC)cc1)NCCc1nc(C(F)(F)F)cs1. The first kappa shape index (κ1) is 22.5. The Kier molecular flexibility index (Phi) is 8.25. The highest BCUT2D eigenvalue weighted by molar-refractivity contribution is 7.09. The highest BCUT2D eigenvalue weighted by Crippen LogP contribution is 2.29. The molecule has 2 rings (SSSR count). The van der Waals surface area contributed by atoms with E-state index < -0.39 is 11.9 Å². The Morgan fingerprint density at radius 2 is 1.79 bits per heavy atom. The second-order valence-corrected chi connectivity index (χ2v) is 6.73. The third-order valence-corrected chi connectivity index (χ3v) is 4.66. The van der Waals surface area contributed by atoms with E-state index in [0.717, 1.165) is 16.7 Å². The van der Waals surface area contributed by atoms with Crippen molar-refractivity contribution >= 4 is 23.2 Å². The average molecular weight is 429 g/mol. The van der Waals surface area contributed by atoms with E-state index in [0.29, 0.717) is 48.3 Å². The van der Waals surface area contributed by atoms with Gasteiger partial charge in [0.05, 0.1) is 12.1 Å². The topological polar surface area (TPSA) is 87.6 Å². The van der Waals surface area contributed by atoms with Gasteiger partial charge in [-0.05, 0) is 24.3 Å². The van der Waals surface area contributed by atoms with Crippen LogP contribution in [0.15, 0.2) is 34.6 Å². The Morgan fingerprint density at radius 3 is 2.38 bits per heavy atom. The number of carbonyl (C=O) groups is 1. The first-order chi connectivity index (χ1) is 13.8. The van der Waals surface area contributed by atoms with Gasteiger partial charge in [0.2, 0.25) is 0 Å². The van der Waals surface area contributed by atoms with E-state index in [1.807, 2.05) is 0 Å². The number of alkyl halides is 3. The molecule has 0 unspecified atom stereocenters. The average Bonchev–Trinajstić information content (AvgIpc) is 3.19. The van der Waals surface area contributed by atoms with Crippen LogP contribution in [-0.4, -0.2) is 50.6 Å². The maximum absolute atomic E-state index is 12.5. The van der Waals surface area contributed by atoms with Gasteiger partial charge >= 0.3 is 6.18 Å². The van der Waals surface area contributed by atoms with Gasteiger partial charge < -0.3 is 20.7 Å². The largest absolute Gasteiger partial charge is 0.497 e. The number of methoxy groups -OCH3 is 1. The van der Waals surface area contributed by atoms with Gasteiger partial charge in [0.25, 0.3) is 5.91 Å². The van der Waals surface area contributed by atoms with Crippen LogP contribution in [0.2, 0.25) is 0 Å². The van der Waals surface area contributed by atoms with Crippen molar-refractivity contribution in [3.63, 3.8) is 0 Å². The molecule has 3 N–H and O–H groups in total. The number of hydrogen-bond donors (Lipinski definition) is 3. The summed E-state index contributed by atoms with van der Waals surface area (Å²) < 4.78 is 42.7. The Labute approximate surface area is 170 Å². The van der Waals surface area contributed by atoms with Crippen LogP contribution in [0.5, 0.6) is 5.75 Å². The van der Waals surface area contributed by atoms with E-state index in [-0.39, 0.29) is 5.91 Å². The van der Waals surface area contributed by atoms with Crippen LogP contribution in [0, 0.1) is 0 Å². The second kappa shape index (κ2) is 10.6. The molecule has 1 heterocycles. The summed E-state index contributed by atoms with van der Waals surface area (Å²) in [6, 6.07) is 6.76. The fourth-order valence-electron chi connectivity index (χ4n) is 2.27. The molecular formula is C18H22F3N5O2S. The molecule has 2 aromatic rings. The molecule has 0 aliphatic carbocycles. The highest BCUT2D eigenvalue weighted by atomic mass is 32.1. The quantitative estimate of drug-likeness (QED) is 0.341. The predicted molar refractivity (Wildman–Crippen MR) is 106 cm³/mol. The van der Waals surface area contributed by atoms with Crippen LogP contribution in [0.3, 0.4) is 0 Å². The Bertz CT molecular complexity index is 822. The van der Waals surface area contributed by atoms with Crippen molar-refractivity contribution in [3.8, 4) is 5.75 Å². The van der Waals surface area contributed by atoms with Crippen LogP contribution in [-0.2, 0) is 12.6 Å². The number of amides is 1. The number of nitrogens with one attached hydrogen (secondary N) is 3. The van der Waals surface area contributed by atoms with Crippen LogP contribution < -0.4 is 20.7 Å². The van der Waals surface area contributed by atoms with Crippen LogP contribution in [0.1, 0.15) is 21.1 Å². The smallest absolute Gasteiger partial charge is 0.434 e. The normalized spacial score (nSPS) is 11.8. The molecule has 0 spiro atoms. The molecule has 0 saturated carbocycles. The molecule has 11 heteroatoms. The summed E-state index contributed by atoms with van der Waals surface area (Å²) in [5.41, 5.74) is -0.345. The Morgan fingerprint density at radius 1 is 1.14 bits per heavy atom. The minimum atomic E-state index is -4.42. The Hall–Kier alpha value is -2.82. The highest BCUT2D eigenvalue weighted by Gasteiger charge is 2.33. The third-order valence-electron chi connectivity index (χ3n) is 3.75. The minimum Gasteiger partial charge on any atom is -0.497 e. The van der Waals surface area contributed by atoms with Gasteiger partial charge in [0, 0.05) is 44.0 Å². The van der Waals surface area contributed by atoms with Crippen LogP contribution >= 0.6 is 11.3 Å². The number of rotatable bonds is 8. The molecule has 0 atom stereocenters. The molecule has 1 aromatic heterocycles. The summed E-state index contributed by atoms with van der Waals surface area (Å²) in [5, 5.41) is 10.2. The minimum absolute atomic E-state index is 0.207. The zero-order chi connectivity index (χ0) is 21.3. The number of hydrogen-bond acceptors (Lipinski definition) is 5. The van der Waals surface area contributed by atoms with Gasteiger partial charge in [0.1, 0.15) is 5.75 Å². The third kappa shape index (κ3) is 7.26. The van der Waals surface area contributed by atoms with Crippen molar-refractivity contribution in [2.45, 2.75) is 12.6 Å². The fourth-order valence-corrected chi connectivity index (χ4v) is 3.07. The number of guanidine groups is 1. The van der Waals surface area contributed by atoms with Crippen LogP contribution in [0.25, 0.3) is 0 Å². The van der Waals surface area contributed by atoms with E-state index in [9.17, 15) is 18.0 Å². The lowest BCUT2D eigenvalue weighted by Gasteiger charge is -2.12. The number of aromatic nitrogens is 1. The van der Waals surface area contributed by atoms with Gasteiger partial charge in [-0.15, -0.1) is 11.3 Å². The van der Waals surface area contributed by atoms with Crippen molar-refractivity contribution in [1.82, 2.24) is 20.9 Å². The van der Waals surface area contributed by atoms with Crippen molar-refractivity contribution in [3.05, 3.63) is 45.9 Å². The number of aliphatic imine (C=N–C) groups is 1. The second-order valence-electron chi connectivity index (χ2n) is 5.78. The number of thiazole rings is 1. The summed E-state index contributed by atoms with van der Waals surface area (Å²) in [5.74, 6) is 0.948. The lowest BCUT2D eigenvalue weighted by atomic mass is 10.2. The first-order valence-electron chi connectivity index (χ1n) is 8.72. The monoisotopic (exact) mass is 429 g/mol. The molecule has 0 saturated heterocycles. The van der Waals surface area contributed by atoms with Gasteiger partial charge in [-0.1, -0.05) is 0 Å².